The summed E-state index contributed by atoms with van der Waals surface area (Å²) in [6.07, 6.45) is 4.62. The highest BCUT2D eigenvalue weighted by Gasteiger charge is 2.14. The number of rotatable bonds is 0. The molecule has 5 rings (SSSR count). The van der Waals surface area contributed by atoms with Crippen LogP contribution in [0.15, 0.2) is 80.2 Å². The summed E-state index contributed by atoms with van der Waals surface area (Å²) >= 11 is 3.75. The minimum Gasteiger partial charge on any atom is -0.0888 e. The van der Waals surface area contributed by atoms with Crippen molar-refractivity contribution in [1.82, 2.24) is 0 Å². The fourth-order valence-electron chi connectivity index (χ4n) is 2.95. The van der Waals surface area contributed by atoms with E-state index in [-0.39, 0.29) is 0 Å². The van der Waals surface area contributed by atoms with E-state index in [1.54, 1.807) is 0 Å². The van der Waals surface area contributed by atoms with Crippen molar-refractivity contribution in [3.63, 3.8) is 0 Å². The number of hydrogen-bond acceptors (Lipinski definition) is 2. The third-order valence-corrected chi connectivity index (χ3v) is 6.37. The first-order valence-corrected chi connectivity index (χ1v) is 8.91. The monoisotopic (exact) mass is 316 g/mol. The standard InChI is InChI=1S/C20H12S2/c1-3-7-17-13(5-1)9-15-11-20-16(12-19(15)21-17)10-14-6-2-4-8-18(14)22-20/h1-12H. The Bertz CT molecular complexity index is 947. The van der Waals surface area contributed by atoms with Gasteiger partial charge in [-0.1, -0.05) is 59.9 Å². The summed E-state index contributed by atoms with van der Waals surface area (Å²) in [5, 5.41) is 2.67. The molecule has 3 aromatic rings. The molecule has 0 aromatic heterocycles. The third kappa shape index (κ3) is 1.95. The van der Waals surface area contributed by atoms with E-state index in [0.717, 1.165) is 0 Å². The first-order valence-electron chi connectivity index (χ1n) is 7.28. The molecule has 0 atom stereocenters. The van der Waals surface area contributed by atoms with Crippen molar-refractivity contribution in [1.29, 1.82) is 0 Å². The summed E-state index contributed by atoms with van der Waals surface area (Å²) < 4.78 is 0. The van der Waals surface area contributed by atoms with Gasteiger partial charge in [0.15, 0.2) is 0 Å². The van der Waals surface area contributed by atoms with Gasteiger partial charge in [0.2, 0.25) is 0 Å². The quantitative estimate of drug-likeness (QED) is 0.418. The largest absolute Gasteiger partial charge is 0.0888 e. The van der Waals surface area contributed by atoms with Gasteiger partial charge in [0, 0.05) is 19.6 Å². The minimum atomic E-state index is 1.32. The predicted molar refractivity (Wildman–Crippen MR) is 94.0 cm³/mol. The van der Waals surface area contributed by atoms with Crippen LogP contribution in [0.4, 0.5) is 0 Å². The smallest absolute Gasteiger partial charge is 0.0202 e. The van der Waals surface area contributed by atoms with Gasteiger partial charge in [0.25, 0.3) is 0 Å². The first kappa shape index (κ1) is 12.6. The summed E-state index contributed by atoms with van der Waals surface area (Å²) in [4.78, 5) is 5.40. The fraction of sp³-hybridized carbons (Fsp3) is 0. The Hall–Kier alpha value is -1.90. The Morgan fingerprint density at radius 3 is 1.45 bits per heavy atom. The molecule has 22 heavy (non-hydrogen) atoms. The van der Waals surface area contributed by atoms with Gasteiger partial charge in [-0.2, -0.15) is 0 Å². The average molecular weight is 316 g/mol. The molecule has 0 N–H and O–H groups in total. The number of hydrogen-bond donors (Lipinski definition) is 0. The van der Waals surface area contributed by atoms with E-state index < -0.39 is 0 Å². The molecule has 2 aliphatic rings. The lowest BCUT2D eigenvalue weighted by molar-refractivity contribution is 1.20. The molecule has 0 saturated heterocycles. The Balaban J connectivity index is 1.76. The highest BCUT2D eigenvalue weighted by Crippen LogP contribution is 2.35. The van der Waals surface area contributed by atoms with E-state index in [4.69, 9.17) is 0 Å². The molecule has 0 aliphatic carbocycles. The second-order valence-electron chi connectivity index (χ2n) is 5.50. The zero-order chi connectivity index (χ0) is 14.5. The van der Waals surface area contributed by atoms with Gasteiger partial charge in [-0.25, -0.2) is 0 Å². The second kappa shape index (κ2) is 4.80. The number of fused-ring (bicyclic) bond motifs is 4. The maximum Gasteiger partial charge on any atom is 0.0202 e. The van der Waals surface area contributed by atoms with E-state index in [9.17, 15) is 0 Å². The van der Waals surface area contributed by atoms with Crippen LogP contribution < -0.4 is 10.4 Å². The van der Waals surface area contributed by atoms with Crippen LogP contribution in [0.2, 0.25) is 0 Å². The van der Waals surface area contributed by atoms with E-state index >= 15 is 0 Å². The SMILES string of the molecule is C1=c2cc3c(cc2Sc2ccccc21)=Cc1ccccc1S3. The van der Waals surface area contributed by atoms with Crippen molar-refractivity contribution < 1.29 is 0 Å². The Kier molecular flexibility index (Phi) is 2.76. The Morgan fingerprint density at radius 1 is 0.500 bits per heavy atom. The maximum atomic E-state index is 2.34. The van der Waals surface area contributed by atoms with Gasteiger partial charge in [-0.15, -0.1) is 0 Å². The van der Waals surface area contributed by atoms with E-state index in [0.29, 0.717) is 0 Å². The van der Waals surface area contributed by atoms with Crippen molar-refractivity contribution in [3.05, 3.63) is 82.2 Å². The molecule has 0 spiro atoms. The second-order valence-corrected chi connectivity index (χ2v) is 7.66. The highest BCUT2D eigenvalue weighted by atomic mass is 32.2. The summed E-state index contributed by atoms with van der Waals surface area (Å²) in [5.41, 5.74) is 2.65. The summed E-state index contributed by atoms with van der Waals surface area (Å²) in [6.45, 7) is 0. The van der Waals surface area contributed by atoms with Crippen LogP contribution >= 0.6 is 23.5 Å². The molecular formula is C20H12S2. The van der Waals surface area contributed by atoms with E-state index in [2.05, 4.69) is 72.8 Å². The molecule has 104 valence electrons. The topological polar surface area (TPSA) is 0 Å². The van der Waals surface area contributed by atoms with Crippen molar-refractivity contribution in [3.8, 4) is 0 Å². The van der Waals surface area contributed by atoms with Crippen LogP contribution in [-0.2, 0) is 0 Å². The Labute approximate surface area is 137 Å². The molecule has 0 amide bonds. The zero-order valence-electron chi connectivity index (χ0n) is 11.7. The molecule has 0 nitrogen and oxygen atoms in total. The van der Waals surface area contributed by atoms with Gasteiger partial charge >= 0.3 is 0 Å². The van der Waals surface area contributed by atoms with Crippen LogP contribution in [0.3, 0.4) is 0 Å². The first-order chi connectivity index (χ1) is 10.9. The summed E-state index contributed by atoms with van der Waals surface area (Å²) in [7, 11) is 0. The van der Waals surface area contributed by atoms with Crippen LogP contribution in [0, 0.1) is 0 Å². The van der Waals surface area contributed by atoms with Crippen molar-refractivity contribution in [2.24, 2.45) is 0 Å². The molecule has 0 unspecified atom stereocenters. The average Bonchev–Trinajstić information content (AvgIpc) is 2.56. The summed E-state index contributed by atoms with van der Waals surface area (Å²) in [6, 6.07) is 21.9. The van der Waals surface area contributed by atoms with Crippen LogP contribution in [-0.4, -0.2) is 0 Å². The van der Waals surface area contributed by atoms with Crippen LogP contribution in [0.25, 0.3) is 12.2 Å². The Morgan fingerprint density at radius 2 is 0.955 bits per heavy atom. The van der Waals surface area contributed by atoms with Gasteiger partial charge in [0.1, 0.15) is 0 Å². The normalized spacial score (nSPS) is 13.8. The van der Waals surface area contributed by atoms with Gasteiger partial charge in [0.05, 0.1) is 0 Å². The molecule has 0 saturated carbocycles. The van der Waals surface area contributed by atoms with Crippen LogP contribution in [0.1, 0.15) is 11.1 Å². The zero-order valence-corrected chi connectivity index (χ0v) is 13.4. The predicted octanol–water partition coefficient (Wildman–Crippen LogP) is 4.27. The van der Waals surface area contributed by atoms with Crippen LogP contribution in [0.5, 0.6) is 0 Å². The third-order valence-electron chi connectivity index (χ3n) is 4.04. The minimum absolute atomic E-state index is 1.32. The fourth-order valence-corrected chi connectivity index (χ4v) is 5.05. The molecular weight excluding hydrogens is 304 g/mol. The molecule has 3 aromatic carbocycles. The highest BCUT2D eigenvalue weighted by molar-refractivity contribution is 8.00. The van der Waals surface area contributed by atoms with Gasteiger partial charge in [-0.3, -0.25) is 0 Å². The van der Waals surface area contributed by atoms with E-state index in [1.165, 1.54) is 41.1 Å². The number of benzene rings is 3. The van der Waals surface area contributed by atoms with E-state index in [1.807, 2.05) is 23.5 Å². The lowest BCUT2D eigenvalue weighted by Crippen LogP contribution is -2.18. The van der Waals surface area contributed by atoms with Crippen molar-refractivity contribution in [2.45, 2.75) is 19.6 Å². The van der Waals surface area contributed by atoms with Crippen molar-refractivity contribution in [2.75, 3.05) is 0 Å². The molecule has 0 bridgehead atoms. The van der Waals surface area contributed by atoms with Crippen molar-refractivity contribution >= 4 is 35.7 Å². The van der Waals surface area contributed by atoms with Gasteiger partial charge < -0.3 is 0 Å². The molecule has 2 heteroatoms. The molecule has 0 radical (unpaired) electrons. The van der Waals surface area contributed by atoms with Gasteiger partial charge in [-0.05, 0) is 58.0 Å². The maximum absolute atomic E-state index is 2.34. The lowest BCUT2D eigenvalue weighted by atomic mass is 10.1. The molecule has 0 fully saturated rings. The summed E-state index contributed by atoms with van der Waals surface area (Å²) in [5.74, 6) is 0. The molecule has 2 aliphatic heterocycles. The lowest BCUT2D eigenvalue weighted by Gasteiger charge is -2.17. The molecule has 2 heterocycles.